The Kier molecular flexibility index (Phi) is 43.0. The lowest BCUT2D eigenvalue weighted by Crippen LogP contribution is -2.52. The van der Waals surface area contributed by atoms with Crippen LogP contribution in [0.15, 0.2) is 124 Å². The van der Waals surface area contributed by atoms with Gasteiger partial charge in [-0.3, -0.25) is 19.2 Å². The highest BCUT2D eigenvalue weighted by molar-refractivity contribution is 7.90. The first-order chi connectivity index (χ1) is 59.9. The van der Waals surface area contributed by atoms with Crippen molar-refractivity contribution < 1.29 is 87.1 Å². The van der Waals surface area contributed by atoms with Gasteiger partial charge in [-0.05, 0) is 177 Å². The first-order valence-corrected chi connectivity index (χ1v) is 48.3. The summed E-state index contributed by atoms with van der Waals surface area (Å²) >= 11 is 38.9. The average Bonchev–Trinajstić information content (AvgIpc) is 0.780. The monoisotopic (exact) mass is 1910 g/mol. The molecule has 9 rings (SSSR count). The Bertz CT molecular complexity index is 4410. The highest BCUT2D eigenvalue weighted by atomic mass is 35.5. The largest absolute Gasteiger partial charge is 0.378 e. The zero-order valence-corrected chi connectivity index (χ0v) is 78.3. The summed E-state index contributed by atoms with van der Waals surface area (Å²) in [6.07, 6.45) is 0.00204. The van der Waals surface area contributed by atoms with Crippen LogP contribution in [-0.4, -0.2) is 294 Å². The van der Waals surface area contributed by atoms with Crippen LogP contribution in [0.1, 0.15) is 106 Å². The number of likely N-dealkylation sites (N-methyl/N-ethyl adjacent to an activating group) is 4. The molecule has 6 aromatic rings. The van der Waals surface area contributed by atoms with Gasteiger partial charge >= 0.3 is 0 Å². The van der Waals surface area contributed by atoms with E-state index in [1.165, 1.54) is 0 Å². The molecule has 0 aliphatic carbocycles. The first-order valence-electron chi connectivity index (χ1n) is 41.6. The zero-order valence-electron chi connectivity index (χ0n) is 71.3. The van der Waals surface area contributed by atoms with E-state index in [-0.39, 0.29) is 259 Å². The number of rotatable bonds is 57. The highest BCUT2D eigenvalue weighted by Gasteiger charge is 2.36. The minimum atomic E-state index is -3.87. The Balaban J connectivity index is 0.656. The summed E-state index contributed by atoms with van der Waals surface area (Å²) in [4.78, 5) is 62.7. The fourth-order valence-electron chi connectivity index (χ4n) is 15.0. The third kappa shape index (κ3) is 34.1. The number of benzene rings is 6. The molecule has 3 aliphatic rings. The van der Waals surface area contributed by atoms with E-state index in [4.69, 9.17) is 112 Å². The summed E-state index contributed by atoms with van der Waals surface area (Å²) < 4.78 is 139. The normalized spacial score (nSPS) is 15.9. The molecule has 0 saturated carbocycles. The van der Waals surface area contributed by atoms with Crippen LogP contribution in [0.25, 0.3) is 0 Å². The molecular weight excluding hydrogens is 1800 g/mol. The second kappa shape index (κ2) is 52.3. The molecule has 0 aromatic heterocycles. The quantitative estimate of drug-likeness (QED) is 0.0175. The molecule has 3 heterocycles. The zero-order chi connectivity index (χ0) is 89.9. The van der Waals surface area contributed by atoms with Gasteiger partial charge in [-0.1, -0.05) is 106 Å². The van der Waals surface area contributed by atoms with E-state index in [1.807, 2.05) is 57.5 Å². The molecule has 6 aromatic carbocycles. The van der Waals surface area contributed by atoms with Crippen molar-refractivity contribution in [1.29, 1.82) is 0 Å². The van der Waals surface area contributed by atoms with Crippen molar-refractivity contribution in [2.24, 2.45) is 0 Å². The number of hydrogen-bond acceptors (Lipinski definition) is 23. The van der Waals surface area contributed by atoms with E-state index in [2.05, 4.69) is 50.1 Å². The van der Waals surface area contributed by atoms with Crippen LogP contribution in [0.3, 0.4) is 0 Å². The third-order valence-electron chi connectivity index (χ3n) is 21.1. The minimum absolute atomic E-state index is 0.0129. The molecule has 0 bridgehead atoms. The Hall–Kier alpha value is -5.85. The SMILES string of the molecule is CN(C)CC(=O)NC(CCC(=O)NCCOCCOCCOCCNS(=O)(=O)c1cccc([C@@H]2CN(C)Cc3c(Cl)cc(Cl)cc32)c1)(CCC(=O)NCCOCCOCCOCCNS(=O)(=O)c1cccc([C@@H]2CN(C)Cc3c(Cl)cc(Cl)cc32)c1)CCC(=O)NCCOCCOCCOCCNS(=O)(=O)c1cccc([C@@H]2CN(C)Cc3c(Cl)cc(Cl)cc32)c1. The second-order valence-electron chi connectivity index (χ2n) is 31.2. The molecule has 0 unspecified atom stereocenters. The maximum atomic E-state index is 13.7. The van der Waals surface area contributed by atoms with E-state index >= 15 is 0 Å². The van der Waals surface area contributed by atoms with Crippen LogP contribution in [-0.2, 0) is 112 Å². The Labute approximate surface area is 765 Å². The molecule has 0 fully saturated rings. The molecule has 0 spiro atoms. The first kappa shape index (κ1) is 103. The van der Waals surface area contributed by atoms with Gasteiger partial charge in [-0.2, -0.15) is 0 Å². The van der Waals surface area contributed by atoms with E-state index < -0.39 is 35.6 Å². The van der Waals surface area contributed by atoms with Crippen molar-refractivity contribution in [3.05, 3.63) is 189 Å². The number of ether oxygens (including phenoxy) is 9. The Morgan fingerprint density at radius 2 is 0.624 bits per heavy atom. The molecule has 3 aliphatic heterocycles. The van der Waals surface area contributed by atoms with Gasteiger partial charge in [0.2, 0.25) is 53.7 Å². The van der Waals surface area contributed by atoms with Gasteiger partial charge in [0.15, 0.2) is 0 Å². The molecule has 3 atom stereocenters. The smallest absolute Gasteiger partial charge is 0.240 e. The van der Waals surface area contributed by atoms with Gasteiger partial charge in [-0.25, -0.2) is 39.4 Å². The highest BCUT2D eigenvalue weighted by Crippen LogP contribution is 2.43. The third-order valence-corrected chi connectivity index (χ3v) is 27.1. The molecule has 30 nitrogen and oxygen atoms in total. The number of fused-ring (bicyclic) bond motifs is 3. The fourth-order valence-corrected chi connectivity index (χ4v) is 19.9. The lowest BCUT2D eigenvalue weighted by molar-refractivity contribution is -0.127. The van der Waals surface area contributed by atoms with Gasteiger partial charge in [0, 0.05) is 151 Å². The van der Waals surface area contributed by atoms with E-state index in [0.29, 0.717) is 69.4 Å². The minimum Gasteiger partial charge on any atom is -0.378 e. The molecule has 0 saturated heterocycles. The summed E-state index contributed by atoms with van der Waals surface area (Å²) in [5.41, 5.74) is 7.08. The average molecular weight is 1920 g/mol. The van der Waals surface area contributed by atoms with Crippen LogP contribution >= 0.6 is 69.6 Å². The number of sulfonamides is 3. The van der Waals surface area contributed by atoms with Crippen molar-refractivity contribution in [1.82, 2.24) is 55.0 Å². The fraction of sp³-hybridized carbons (Fsp3) is 0.535. The summed E-state index contributed by atoms with van der Waals surface area (Å²) in [7, 11) is -2.18. The number of carbonyl (C=O) groups is 4. The molecule has 4 amide bonds. The standard InChI is InChI=1S/C86H117Cl6N11O19S3/c1-100(2)60-85(107)99-86(18-15-82(104)93-21-27-114-33-39-120-42-36-117-30-24-96-123(108,109)67-12-6-9-61(45-67)73-54-101(3)57-76-70(73)48-64(87)51-79(76)90,19-16-83(105)94-22-28-115-34-40-121-43-37-118-31-25-97-124(110,111)68-13-7-10-62(46-68)74-55-102(4)58-77-71(74)49-65(88)52-80(77)91)20-17-84(106)95-23-29-116-35-41-122-44-38-119-32-26-98-125(112,113)69-14-8-11-63(47-69)75-56-103(5)59-78-72(75)50-66(89)53-81(78)92/h6-14,45-53,73-75,96-98H,15-44,54-60H2,1-5H3,(H,93,104)(H,94,105)(H,95,106)(H,99,107)/t73-,74-,75-/m0/s1. The Morgan fingerprint density at radius 1 is 0.368 bits per heavy atom. The predicted molar refractivity (Wildman–Crippen MR) is 482 cm³/mol. The maximum absolute atomic E-state index is 13.7. The van der Waals surface area contributed by atoms with Gasteiger partial charge < -0.3 is 83.5 Å². The Morgan fingerprint density at radius 3 is 0.888 bits per heavy atom. The molecular formula is C86H117Cl6N11O19S3. The molecule has 690 valence electrons. The summed E-state index contributed by atoms with van der Waals surface area (Å²) in [5, 5.41) is 14.9. The van der Waals surface area contributed by atoms with E-state index in [1.54, 1.807) is 91.8 Å². The van der Waals surface area contributed by atoms with Gasteiger partial charge in [0.1, 0.15) is 0 Å². The van der Waals surface area contributed by atoms with E-state index in [0.717, 1.165) is 50.1 Å². The van der Waals surface area contributed by atoms with Crippen molar-refractivity contribution in [3.63, 3.8) is 0 Å². The molecule has 125 heavy (non-hydrogen) atoms. The van der Waals surface area contributed by atoms with Crippen LogP contribution in [0, 0.1) is 0 Å². The number of amides is 4. The number of carbonyl (C=O) groups excluding carboxylic acids is 4. The lowest BCUT2D eigenvalue weighted by Gasteiger charge is -2.35. The van der Waals surface area contributed by atoms with E-state index in [9.17, 15) is 44.4 Å². The van der Waals surface area contributed by atoms with Crippen LogP contribution < -0.4 is 35.4 Å². The lowest BCUT2D eigenvalue weighted by atomic mass is 9.83. The van der Waals surface area contributed by atoms with Crippen LogP contribution in [0.4, 0.5) is 0 Å². The van der Waals surface area contributed by atoms with Gasteiger partial charge in [-0.15, -0.1) is 0 Å². The topological polar surface area (TPSA) is 351 Å². The van der Waals surface area contributed by atoms with Crippen LogP contribution in [0.5, 0.6) is 0 Å². The molecule has 0 radical (unpaired) electrons. The number of hydrogen-bond donors (Lipinski definition) is 7. The summed E-state index contributed by atoms with van der Waals surface area (Å²) in [6.45, 7) is 7.81. The van der Waals surface area contributed by atoms with Crippen molar-refractivity contribution in [2.75, 3.05) is 220 Å². The van der Waals surface area contributed by atoms with Crippen LogP contribution in [0.2, 0.25) is 30.1 Å². The summed E-state index contributed by atoms with van der Waals surface area (Å²) in [6, 6.07) is 31.4. The van der Waals surface area contributed by atoms with Crippen molar-refractivity contribution in [3.8, 4) is 0 Å². The van der Waals surface area contributed by atoms with Crippen molar-refractivity contribution >= 4 is 123 Å². The summed E-state index contributed by atoms with van der Waals surface area (Å²) in [5.74, 6) is -1.83. The molecule has 7 N–H and O–H groups in total. The maximum Gasteiger partial charge on any atom is 0.240 e. The second-order valence-corrected chi connectivity index (χ2v) is 39.0. The number of nitrogens with one attached hydrogen (secondary N) is 7. The number of nitrogens with zero attached hydrogens (tertiary/aromatic N) is 4. The predicted octanol–water partition coefficient (Wildman–Crippen LogP) is 8.83. The van der Waals surface area contributed by atoms with Gasteiger partial charge in [0.25, 0.3) is 0 Å². The van der Waals surface area contributed by atoms with Gasteiger partial charge in [0.05, 0.1) is 140 Å². The van der Waals surface area contributed by atoms with Crippen molar-refractivity contribution in [2.45, 2.75) is 96.1 Å². The molecule has 39 heteroatoms. The number of halogens is 6.